The molecule has 4 rings (SSSR count). The maximum absolute atomic E-state index is 13.5. The zero-order valence-electron chi connectivity index (χ0n) is 25.3. The summed E-state index contributed by atoms with van der Waals surface area (Å²) in [5.74, 6) is -0.550. The van der Waals surface area contributed by atoms with Crippen LogP contribution >= 0.6 is 0 Å². The molecule has 0 spiro atoms. The number of amides is 2. The lowest BCUT2D eigenvalue weighted by Gasteiger charge is -2.24. The van der Waals surface area contributed by atoms with E-state index in [9.17, 15) is 18.0 Å². The second-order valence-electron chi connectivity index (χ2n) is 11.5. The van der Waals surface area contributed by atoms with Crippen molar-refractivity contribution < 1.29 is 22.7 Å². The topological polar surface area (TPSA) is 131 Å². The van der Waals surface area contributed by atoms with Crippen molar-refractivity contribution in [3.05, 3.63) is 101 Å². The van der Waals surface area contributed by atoms with Gasteiger partial charge in [0, 0.05) is 11.8 Å². The van der Waals surface area contributed by atoms with E-state index in [4.69, 9.17) is 4.74 Å². The van der Waals surface area contributed by atoms with Crippen LogP contribution in [0, 0.1) is 6.92 Å². The van der Waals surface area contributed by atoms with Crippen LogP contribution in [0.2, 0.25) is 0 Å². The summed E-state index contributed by atoms with van der Waals surface area (Å²) in [6, 6.07) is 18.1. The Labute approximate surface area is 252 Å². The van der Waals surface area contributed by atoms with Gasteiger partial charge in [-0.05, 0) is 60.2 Å². The molecular weight excluding hydrogens is 566 g/mol. The summed E-state index contributed by atoms with van der Waals surface area (Å²) in [6.45, 7) is 9.76. The van der Waals surface area contributed by atoms with Gasteiger partial charge in [0.1, 0.15) is 12.0 Å². The summed E-state index contributed by atoms with van der Waals surface area (Å²) >= 11 is 0. The number of sulfonamides is 1. The van der Waals surface area contributed by atoms with E-state index >= 15 is 0 Å². The number of anilines is 2. The number of imidazole rings is 1. The van der Waals surface area contributed by atoms with Crippen molar-refractivity contribution in [1.82, 2.24) is 14.9 Å². The molecule has 2 amide bonds. The van der Waals surface area contributed by atoms with Gasteiger partial charge in [-0.2, -0.15) is 0 Å². The fourth-order valence-electron chi connectivity index (χ4n) is 4.54. The van der Waals surface area contributed by atoms with Crippen molar-refractivity contribution >= 4 is 33.2 Å². The van der Waals surface area contributed by atoms with E-state index in [1.165, 1.54) is 13.4 Å². The molecule has 0 unspecified atom stereocenters. The summed E-state index contributed by atoms with van der Waals surface area (Å²) in [5, 5.41) is 5.85. The van der Waals surface area contributed by atoms with Gasteiger partial charge in [-0.3, -0.25) is 14.3 Å². The highest BCUT2D eigenvalue weighted by Crippen LogP contribution is 2.39. The summed E-state index contributed by atoms with van der Waals surface area (Å²) in [5.41, 5.74) is 4.10. The van der Waals surface area contributed by atoms with Gasteiger partial charge in [0.2, 0.25) is 10.0 Å². The SMILES string of the molecule is COc1c(NC(=O)c2ccc(C)c(-n3cnc(C(=O)N[C@@H](C)c4ccccc4)c3)c2)cc(C(C)(C)C)cc1NS(C)(=O)=O. The molecular formula is C32H37N5O5S. The molecule has 0 aliphatic rings. The van der Waals surface area contributed by atoms with E-state index in [0.717, 1.165) is 22.9 Å². The van der Waals surface area contributed by atoms with E-state index in [2.05, 4.69) is 20.3 Å². The Balaban J connectivity index is 1.61. The molecule has 11 heteroatoms. The zero-order chi connectivity index (χ0) is 31.5. The van der Waals surface area contributed by atoms with Gasteiger partial charge in [-0.1, -0.05) is 57.2 Å². The lowest BCUT2D eigenvalue weighted by Crippen LogP contribution is -2.26. The minimum atomic E-state index is -3.62. The lowest BCUT2D eigenvalue weighted by atomic mass is 9.86. The molecule has 1 aromatic heterocycles. The number of aryl methyl sites for hydroxylation is 1. The molecule has 0 saturated heterocycles. The average Bonchev–Trinajstić information content (AvgIpc) is 3.42. The molecule has 0 fully saturated rings. The lowest BCUT2D eigenvalue weighted by molar-refractivity contribution is 0.0934. The second kappa shape index (κ2) is 12.3. The highest BCUT2D eigenvalue weighted by molar-refractivity contribution is 7.92. The number of methoxy groups -OCH3 is 1. The summed E-state index contributed by atoms with van der Waals surface area (Å²) < 4.78 is 33.8. The first-order valence-corrected chi connectivity index (χ1v) is 15.6. The maximum Gasteiger partial charge on any atom is 0.271 e. The average molecular weight is 604 g/mol. The number of nitrogens with one attached hydrogen (secondary N) is 3. The molecule has 43 heavy (non-hydrogen) atoms. The smallest absolute Gasteiger partial charge is 0.271 e. The van der Waals surface area contributed by atoms with Crippen LogP contribution in [-0.4, -0.2) is 43.1 Å². The number of hydrogen-bond acceptors (Lipinski definition) is 6. The number of carbonyl (C=O) groups is 2. The van der Waals surface area contributed by atoms with Crippen LogP contribution in [-0.2, 0) is 15.4 Å². The van der Waals surface area contributed by atoms with Crippen molar-refractivity contribution in [2.75, 3.05) is 23.4 Å². The van der Waals surface area contributed by atoms with Crippen molar-refractivity contribution in [1.29, 1.82) is 0 Å². The van der Waals surface area contributed by atoms with Gasteiger partial charge >= 0.3 is 0 Å². The number of carbonyl (C=O) groups excluding carboxylic acids is 2. The first-order valence-electron chi connectivity index (χ1n) is 13.7. The van der Waals surface area contributed by atoms with Gasteiger partial charge in [-0.15, -0.1) is 0 Å². The summed E-state index contributed by atoms with van der Waals surface area (Å²) in [7, 11) is -2.21. The normalized spacial score (nSPS) is 12.3. The molecule has 226 valence electrons. The Morgan fingerprint density at radius 1 is 0.977 bits per heavy atom. The van der Waals surface area contributed by atoms with E-state index in [1.807, 2.05) is 65.0 Å². The molecule has 0 saturated carbocycles. The Kier molecular flexibility index (Phi) is 8.96. The van der Waals surface area contributed by atoms with Crippen LogP contribution in [0.1, 0.15) is 71.3 Å². The molecule has 0 bridgehead atoms. The highest BCUT2D eigenvalue weighted by Gasteiger charge is 2.23. The van der Waals surface area contributed by atoms with Crippen LogP contribution in [0.25, 0.3) is 5.69 Å². The highest BCUT2D eigenvalue weighted by atomic mass is 32.2. The van der Waals surface area contributed by atoms with Gasteiger partial charge in [0.05, 0.1) is 36.5 Å². The first-order chi connectivity index (χ1) is 20.2. The third-order valence-corrected chi connectivity index (χ3v) is 7.51. The monoisotopic (exact) mass is 603 g/mol. The van der Waals surface area contributed by atoms with Crippen molar-refractivity contribution in [2.24, 2.45) is 0 Å². The van der Waals surface area contributed by atoms with Crippen LogP contribution in [0.15, 0.2) is 73.2 Å². The molecule has 0 aliphatic heterocycles. The Hall–Kier alpha value is -4.64. The third kappa shape index (κ3) is 7.61. The van der Waals surface area contributed by atoms with Crippen LogP contribution < -0.4 is 20.1 Å². The predicted molar refractivity (Wildman–Crippen MR) is 169 cm³/mol. The molecule has 3 aromatic carbocycles. The van der Waals surface area contributed by atoms with E-state index in [-0.39, 0.29) is 34.5 Å². The Morgan fingerprint density at radius 2 is 1.65 bits per heavy atom. The molecule has 0 radical (unpaired) electrons. The second-order valence-corrected chi connectivity index (χ2v) is 13.2. The maximum atomic E-state index is 13.5. The Morgan fingerprint density at radius 3 is 2.28 bits per heavy atom. The molecule has 10 nitrogen and oxygen atoms in total. The summed E-state index contributed by atoms with van der Waals surface area (Å²) in [6.07, 6.45) is 4.21. The fraction of sp³-hybridized carbons (Fsp3) is 0.281. The van der Waals surface area contributed by atoms with Gasteiger partial charge < -0.3 is 19.9 Å². The van der Waals surface area contributed by atoms with Crippen LogP contribution in [0.4, 0.5) is 11.4 Å². The van der Waals surface area contributed by atoms with Gasteiger partial charge in [0.15, 0.2) is 5.75 Å². The van der Waals surface area contributed by atoms with E-state index < -0.39 is 15.9 Å². The number of hydrogen-bond donors (Lipinski definition) is 3. The zero-order valence-corrected chi connectivity index (χ0v) is 26.2. The first kappa shape index (κ1) is 31.3. The number of aromatic nitrogens is 2. The van der Waals surface area contributed by atoms with Crippen LogP contribution in [0.5, 0.6) is 5.75 Å². The number of nitrogens with zero attached hydrogens (tertiary/aromatic N) is 2. The van der Waals surface area contributed by atoms with Gasteiger partial charge in [-0.25, -0.2) is 13.4 Å². The third-order valence-electron chi connectivity index (χ3n) is 6.91. The fourth-order valence-corrected chi connectivity index (χ4v) is 5.09. The number of rotatable bonds is 9. The molecule has 0 aliphatic carbocycles. The summed E-state index contributed by atoms with van der Waals surface area (Å²) in [4.78, 5) is 30.7. The predicted octanol–water partition coefficient (Wildman–Crippen LogP) is 5.60. The molecule has 1 heterocycles. The van der Waals surface area contributed by atoms with Crippen molar-refractivity contribution in [2.45, 2.75) is 46.1 Å². The molecule has 3 N–H and O–H groups in total. The quantitative estimate of drug-likeness (QED) is 0.228. The largest absolute Gasteiger partial charge is 0.492 e. The minimum absolute atomic E-state index is 0.189. The van der Waals surface area contributed by atoms with E-state index in [1.54, 1.807) is 41.1 Å². The van der Waals surface area contributed by atoms with Gasteiger partial charge in [0.25, 0.3) is 11.8 Å². The standard InChI is InChI=1S/C32H37N5O5S/c1-20-13-14-23(15-28(20)37-18-27(33-19-37)31(39)34-21(2)22-11-9-8-10-12-22)30(38)35-25-16-24(32(3,4)5)17-26(29(25)42-6)36-43(7,40)41/h8-19,21,36H,1-7H3,(H,34,39)(H,35,38)/t21-/m0/s1. The Bertz CT molecular complexity index is 1760. The van der Waals surface area contributed by atoms with Crippen LogP contribution in [0.3, 0.4) is 0 Å². The van der Waals surface area contributed by atoms with Crippen molar-refractivity contribution in [3.63, 3.8) is 0 Å². The molecule has 4 aromatic rings. The minimum Gasteiger partial charge on any atom is -0.492 e. The van der Waals surface area contributed by atoms with Crippen molar-refractivity contribution in [3.8, 4) is 11.4 Å². The number of benzene rings is 3. The van der Waals surface area contributed by atoms with E-state index in [0.29, 0.717) is 16.9 Å². The molecule has 1 atom stereocenters. The number of ether oxygens (including phenoxy) is 1.